The Morgan fingerprint density at radius 2 is 1.78 bits per heavy atom. The summed E-state index contributed by atoms with van der Waals surface area (Å²) < 4.78 is 79.1. The number of amides is 1. The first-order valence-electron chi connectivity index (χ1n) is 8.64. The number of hydrogen-bond donors (Lipinski definition) is 2. The summed E-state index contributed by atoms with van der Waals surface area (Å²) in [6, 6.07) is 6.07. The Kier molecular flexibility index (Phi) is 6.25. The van der Waals surface area contributed by atoms with E-state index in [9.17, 15) is 36.0 Å². The standard InChI is InChI=1S/C18H11F6N3O4S/c19-17(20,21)10-7-12-14(13(8-10)27(29)30)32-16(26-12)15(28)25-6-5-9-1-3-11(4-2-9)31-18(22,23)24/h1-4,7-8H,5-6H2,(H-,25,28,29,30)/p+1. The van der Waals surface area contributed by atoms with E-state index in [1.165, 1.54) is 12.1 Å². The van der Waals surface area contributed by atoms with Gasteiger partial charge in [0, 0.05) is 12.6 Å². The highest BCUT2D eigenvalue weighted by Crippen LogP contribution is 2.38. The van der Waals surface area contributed by atoms with E-state index in [1.54, 1.807) is 0 Å². The maximum atomic E-state index is 13.0. The maximum absolute atomic E-state index is 13.0. The highest BCUT2D eigenvalue weighted by atomic mass is 32.1. The molecular formula is C18H12F6N3O4S+. The van der Waals surface area contributed by atoms with Crippen molar-refractivity contribution < 1.29 is 46.0 Å². The number of alkyl halides is 6. The van der Waals surface area contributed by atoms with Crippen molar-refractivity contribution in [1.82, 2.24) is 10.3 Å². The summed E-state index contributed by atoms with van der Waals surface area (Å²) in [5, 5.41) is 11.4. The number of thiazole rings is 1. The van der Waals surface area contributed by atoms with E-state index in [0.717, 1.165) is 12.1 Å². The largest absolute Gasteiger partial charge is 0.573 e. The molecule has 0 fully saturated rings. The first kappa shape index (κ1) is 23.2. The van der Waals surface area contributed by atoms with Gasteiger partial charge in [0.15, 0.2) is 5.01 Å². The van der Waals surface area contributed by atoms with E-state index in [-0.39, 0.29) is 28.2 Å². The van der Waals surface area contributed by atoms with Crippen molar-refractivity contribution in [3.8, 4) is 5.75 Å². The molecule has 170 valence electrons. The molecule has 1 amide bonds. The van der Waals surface area contributed by atoms with Gasteiger partial charge in [-0.1, -0.05) is 12.1 Å². The van der Waals surface area contributed by atoms with E-state index < -0.39 is 40.4 Å². The van der Waals surface area contributed by atoms with Crippen molar-refractivity contribution in [3.63, 3.8) is 0 Å². The molecule has 32 heavy (non-hydrogen) atoms. The average molecular weight is 480 g/mol. The van der Waals surface area contributed by atoms with Gasteiger partial charge in [-0.25, -0.2) is 10.2 Å². The zero-order valence-corrected chi connectivity index (χ0v) is 16.4. The molecule has 3 aromatic rings. The predicted molar refractivity (Wildman–Crippen MR) is 98.9 cm³/mol. The zero-order chi connectivity index (χ0) is 23.7. The average Bonchev–Trinajstić information content (AvgIpc) is 3.11. The first-order valence-corrected chi connectivity index (χ1v) is 9.46. The van der Waals surface area contributed by atoms with E-state index in [1.807, 2.05) is 0 Å². The number of ether oxygens (including phenoxy) is 1. The van der Waals surface area contributed by atoms with Crippen LogP contribution in [-0.4, -0.2) is 33.9 Å². The Hall–Kier alpha value is -3.42. The number of carbonyl (C=O) groups excluding carboxylic acids is 1. The van der Waals surface area contributed by atoms with Crippen LogP contribution in [0.15, 0.2) is 36.4 Å². The molecule has 2 aromatic carbocycles. The van der Waals surface area contributed by atoms with Crippen molar-refractivity contribution >= 4 is 33.1 Å². The molecule has 3 rings (SSSR count). The van der Waals surface area contributed by atoms with Gasteiger partial charge < -0.3 is 10.1 Å². The number of halogens is 6. The second kappa shape index (κ2) is 8.61. The molecule has 0 aliphatic carbocycles. The minimum atomic E-state index is -4.81. The molecular weight excluding hydrogens is 468 g/mol. The monoisotopic (exact) mass is 480 g/mol. The number of nitrogens with one attached hydrogen (secondary N) is 1. The Bertz CT molecular complexity index is 1160. The Labute approximate surface area is 178 Å². The van der Waals surface area contributed by atoms with Crippen LogP contribution in [0.3, 0.4) is 0 Å². The third-order valence-electron chi connectivity index (χ3n) is 4.05. The summed E-state index contributed by atoms with van der Waals surface area (Å²) >= 11 is 0.618. The number of benzene rings is 2. The molecule has 0 aliphatic rings. The van der Waals surface area contributed by atoms with Crippen LogP contribution in [0.25, 0.3) is 10.2 Å². The lowest BCUT2D eigenvalue weighted by atomic mass is 10.1. The van der Waals surface area contributed by atoms with Gasteiger partial charge in [0.2, 0.25) is 0 Å². The molecule has 0 bridgehead atoms. The Morgan fingerprint density at radius 3 is 2.34 bits per heavy atom. The van der Waals surface area contributed by atoms with Crippen LogP contribution in [0.2, 0.25) is 0 Å². The lowest BCUT2D eigenvalue weighted by Gasteiger charge is -2.09. The summed E-state index contributed by atoms with van der Waals surface area (Å²) in [5.74, 6) is -1.14. The van der Waals surface area contributed by atoms with Crippen LogP contribution >= 0.6 is 11.3 Å². The molecule has 0 spiro atoms. The van der Waals surface area contributed by atoms with Gasteiger partial charge in [0.05, 0.1) is 16.0 Å². The third-order valence-corrected chi connectivity index (χ3v) is 5.15. The summed E-state index contributed by atoms with van der Waals surface area (Å²) in [5.41, 5.74) is -1.62. The molecule has 14 heteroatoms. The lowest BCUT2D eigenvalue weighted by Crippen LogP contribution is -2.25. The molecule has 1 aromatic heterocycles. The minimum absolute atomic E-state index is 0.0442. The Balaban J connectivity index is 1.69. The molecule has 0 aliphatic heterocycles. The summed E-state index contributed by atoms with van der Waals surface area (Å²) in [6.07, 6.45) is -9.38. The highest BCUT2D eigenvalue weighted by molar-refractivity contribution is 7.20. The SMILES string of the molecule is O=C(NCCc1ccc(OC(F)(F)F)cc1)c1nc2cc(C(F)(F)F)cc([N+](=O)O)c2s1. The van der Waals surface area contributed by atoms with Crippen LogP contribution in [0.1, 0.15) is 20.9 Å². The fraction of sp³-hybridized carbons (Fsp3) is 0.222. The van der Waals surface area contributed by atoms with Crippen molar-refractivity contribution in [2.75, 3.05) is 6.54 Å². The molecule has 1 heterocycles. The quantitative estimate of drug-likeness (QED) is 0.383. The summed E-state index contributed by atoms with van der Waals surface area (Å²) in [7, 11) is 0. The van der Waals surface area contributed by atoms with Crippen LogP contribution < -0.4 is 10.1 Å². The number of fused-ring (bicyclic) bond motifs is 1. The van der Waals surface area contributed by atoms with E-state index in [4.69, 9.17) is 5.21 Å². The summed E-state index contributed by atoms with van der Waals surface area (Å²) in [6.45, 7) is 0.0442. The third kappa shape index (κ3) is 5.63. The first-order chi connectivity index (χ1) is 14.8. The molecule has 0 atom stereocenters. The van der Waals surface area contributed by atoms with Crippen molar-refractivity contribution in [1.29, 1.82) is 0 Å². The summed E-state index contributed by atoms with van der Waals surface area (Å²) in [4.78, 5) is 26.6. The maximum Gasteiger partial charge on any atom is 0.573 e. The molecule has 2 N–H and O–H groups in total. The van der Waals surface area contributed by atoms with Crippen molar-refractivity contribution in [2.24, 2.45) is 0 Å². The fourth-order valence-corrected chi connectivity index (χ4v) is 3.62. The Morgan fingerprint density at radius 1 is 1.12 bits per heavy atom. The number of aromatic nitrogens is 1. The van der Waals surface area contributed by atoms with Crippen LogP contribution in [0, 0.1) is 4.91 Å². The normalized spacial score (nSPS) is 12.1. The smallest absolute Gasteiger partial charge is 0.406 e. The van der Waals surface area contributed by atoms with Crippen molar-refractivity contribution in [3.05, 3.63) is 57.4 Å². The van der Waals surface area contributed by atoms with Gasteiger partial charge in [-0.3, -0.25) is 4.79 Å². The van der Waals surface area contributed by atoms with E-state index in [0.29, 0.717) is 29.0 Å². The van der Waals surface area contributed by atoms with Gasteiger partial charge in [-0.2, -0.15) is 13.2 Å². The number of hydrogen-bond acceptors (Lipinski definition) is 5. The van der Waals surface area contributed by atoms with Crippen LogP contribution in [0.5, 0.6) is 5.75 Å². The van der Waals surface area contributed by atoms with Gasteiger partial charge >= 0.3 is 18.2 Å². The second-order valence-electron chi connectivity index (χ2n) is 6.33. The van der Waals surface area contributed by atoms with Gasteiger partial charge in [0.1, 0.15) is 10.4 Å². The fourth-order valence-electron chi connectivity index (χ4n) is 2.67. The van der Waals surface area contributed by atoms with Gasteiger partial charge in [0.25, 0.3) is 10.8 Å². The number of nitrogens with zero attached hydrogens (tertiary/aromatic N) is 2. The van der Waals surface area contributed by atoms with E-state index in [2.05, 4.69) is 15.0 Å². The van der Waals surface area contributed by atoms with Crippen molar-refractivity contribution in [2.45, 2.75) is 19.0 Å². The second-order valence-corrected chi connectivity index (χ2v) is 7.33. The zero-order valence-electron chi connectivity index (χ0n) is 15.6. The minimum Gasteiger partial charge on any atom is -0.406 e. The lowest BCUT2D eigenvalue weighted by molar-refractivity contribution is -0.728. The van der Waals surface area contributed by atoms with Gasteiger partial charge in [-0.05, 0) is 30.2 Å². The molecule has 0 saturated heterocycles. The number of rotatable bonds is 6. The van der Waals surface area contributed by atoms with E-state index >= 15 is 0 Å². The van der Waals surface area contributed by atoms with Crippen LogP contribution in [0.4, 0.5) is 32.0 Å². The molecule has 0 unspecified atom stereocenters. The predicted octanol–water partition coefficient (Wildman–Crippen LogP) is 4.99. The molecule has 7 nitrogen and oxygen atoms in total. The van der Waals surface area contributed by atoms with Gasteiger partial charge in [-0.15, -0.1) is 24.5 Å². The topological polar surface area (TPSA) is 91.5 Å². The molecule has 0 radical (unpaired) electrons. The highest BCUT2D eigenvalue weighted by Gasteiger charge is 2.35. The number of carbonyl (C=O) groups is 1. The van der Waals surface area contributed by atoms with Crippen LogP contribution in [-0.2, 0) is 12.6 Å². The molecule has 0 saturated carbocycles.